The fourth-order valence-corrected chi connectivity index (χ4v) is 2.82. The molecule has 0 saturated carbocycles. The van der Waals surface area contributed by atoms with Crippen LogP contribution in [0.3, 0.4) is 0 Å². The normalized spacial score (nSPS) is 11.2. The largest absolute Gasteiger partial charge is 0.368 e. The number of hydrogen-bond donors (Lipinski definition) is 2. The molecule has 0 unspecified atom stereocenters. The first-order valence-electron chi connectivity index (χ1n) is 7.61. The maximum atomic E-state index is 13.7. The van der Waals surface area contributed by atoms with E-state index in [-0.39, 0.29) is 11.6 Å². The Hall–Kier alpha value is -3.02. The number of fused-ring (bicyclic) bond motifs is 3. The van der Waals surface area contributed by atoms with Gasteiger partial charge in [-0.1, -0.05) is 18.2 Å². The second-order valence-corrected chi connectivity index (χ2v) is 5.53. The second-order valence-electron chi connectivity index (χ2n) is 5.53. The van der Waals surface area contributed by atoms with Gasteiger partial charge < -0.3 is 10.3 Å². The molecule has 0 amide bonds. The zero-order chi connectivity index (χ0) is 16.5. The first-order valence-corrected chi connectivity index (χ1v) is 7.61. The van der Waals surface area contributed by atoms with Gasteiger partial charge in [0.15, 0.2) is 5.82 Å². The van der Waals surface area contributed by atoms with Gasteiger partial charge in [0.1, 0.15) is 29.0 Å². The van der Waals surface area contributed by atoms with Crippen molar-refractivity contribution in [3.8, 4) is 0 Å². The standard InChI is InChI=1S/C18H14F2N4/c19-12-5-6-15-13(9-12)16-17(24-15)18(23-10-22-16)21-8-7-11-3-1-2-4-14(11)20/h1-6,9-10,24H,7-8H2,(H,21,22,23). The lowest BCUT2D eigenvalue weighted by Crippen LogP contribution is -2.08. The second kappa shape index (κ2) is 5.88. The van der Waals surface area contributed by atoms with Crippen molar-refractivity contribution in [1.29, 1.82) is 0 Å². The molecule has 2 aromatic heterocycles. The average Bonchev–Trinajstić information content (AvgIpc) is 2.95. The first-order chi connectivity index (χ1) is 11.7. The van der Waals surface area contributed by atoms with Gasteiger partial charge in [-0.05, 0) is 36.2 Å². The predicted molar refractivity (Wildman–Crippen MR) is 89.9 cm³/mol. The number of nitrogens with one attached hydrogen (secondary N) is 2. The molecule has 0 radical (unpaired) electrons. The van der Waals surface area contributed by atoms with Gasteiger partial charge in [0, 0.05) is 17.4 Å². The molecule has 120 valence electrons. The maximum absolute atomic E-state index is 13.7. The summed E-state index contributed by atoms with van der Waals surface area (Å²) in [5.74, 6) is 0.0947. The Kier molecular flexibility index (Phi) is 3.57. The first kappa shape index (κ1) is 14.6. The number of hydrogen-bond acceptors (Lipinski definition) is 3. The van der Waals surface area contributed by atoms with Gasteiger partial charge in [-0.15, -0.1) is 0 Å². The number of nitrogens with zero attached hydrogens (tertiary/aromatic N) is 2. The number of benzene rings is 2. The van der Waals surface area contributed by atoms with Gasteiger partial charge in [0.25, 0.3) is 0 Å². The molecular weight excluding hydrogens is 310 g/mol. The van der Waals surface area contributed by atoms with Crippen LogP contribution in [0.4, 0.5) is 14.6 Å². The Morgan fingerprint density at radius 1 is 1.04 bits per heavy atom. The van der Waals surface area contributed by atoms with Gasteiger partial charge in [0.05, 0.1) is 0 Å². The van der Waals surface area contributed by atoms with Gasteiger partial charge in [0.2, 0.25) is 0 Å². The summed E-state index contributed by atoms with van der Waals surface area (Å²) in [5.41, 5.74) is 2.82. The van der Waals surface area contributed by atoms with Crippen molar-refractivity contribution in [3.05, 3.63) is 66.0 Å². The molecule has 0 aliphatic carbocycles. The summed E-state index contributed by atoms with van der Waals surface area (Å²) in [6, 6.07) is 11.2. The Labute approximate surface area is 136 Å². The van der Waals surface area contributed by atoms with E-state index >= 15 is 0 Å². The summed E-state index contributed by atoms with van der Waals surface area (Å²) in [6.07, 6.45) is 1.97. The third kappa shape index (κ3) is 2.56. The van der Waals surface area contributed by atoms with E-state index in [4.69, 9.17) is 0 Å². The Bertz CT molecular complexity index is 1030. The highest BCUT2D eigenvalue weighted by Crippen LogP contribution is 2.27. The summed E-state index contributed by atoms with van der Waals surface area (Å²) in [4.78, 5) is 11.7. The van der Waals surface area contributed by atoms with Gasteiger partial charge in [-0.25, -0.2) is 18.7 Å². The number of anilines is 1. The van der Waals surface area contributed by atoms with Crippen LogP contribution in [0.5, 0.6) is 0 Å². The molecule has 0 aliphatic rings. The highest BCUT2D eigenvalue weighted by atomic mass is 19.1. The van der Waals surface area contributed by atoms with Crippen molar-refractivity contribution in [2.45, 2.75) is 6.42 Å². The van der Waals surface area contributed by atoms with Crippen LogP contribution in [-0.4, -0.2) is 21.5 Å². The fourth-order valence-electron chi connectivity index (χ4n) is 2.82. The molecular formula is C18H14F2N4. The summed E-state index contributed by atoms with van der Waals surface area (Å²) >= 11 is 0. The van der Waals surface area contributed by atoms with E-state index in [2.05, 4.69) is 20.3 Å². The van der Waals surface area contributed by atoms with E-state index in [0.29, 0.717) is 40.8 Å². The minimum atomic E-state index is -0.309. The third-order valence-electron chi connectivity index (χ3n) is 3.99. The fraction of sp³-hybridized carbons (Fsp3) is 0.111. The number of aromatic amines is 1. The number of H-pyrrole nitrogens is 1. The summed E-state index contributed by atoms with van der Waals surface area (Å²) in [5, 5.41) is 3.91. The lowest BCUT2D eigenvalue weighted by atomic mass is 10.1. The van der Waals surface area contributed by atoms with Crippen molar-refractivity contribution in [2.24, 2.45) is 0 Å². The Morgan fingerprint density at radius 3 is 2.79 bits per heavy atom. The van der Waals surface area contributed by atoms with Gasteiger partial charge in [-0.3, -0.25) is 0 Å². The zero-order valence-electron chi connectivity index (χ0n) is 12.7. The molecule has 0 saturated heterocycles. The van der Waals surface area contributed by atoms with E-state index in [0.717, 1.165) is 5.52 Å². The van der Waals surface area contributed by atoms with Crippen molar-refractivity contribution >= 4 is 27.8 Å². The Balaban J connectivity index is 1.62. The molecule has 6 heteroatoms. The van der Waals surface area contributed by atoms with Crippen LogP contribution in [0.15, 0.2) is 48.8 Å². The number of aromatic nitrogens is 3. The van der Waals surface area contributed by atoms with E-state index in [1.165, 1.54) is 24.5 Å². The van der Waals surface area contributed by atoms with Crippen LogP contribution in [0.2, 0.25) is 0 Å². The summed E-state index contributed by atoms with van der Waals surface area (Å²) < 4.78 is 27.1. The van der Waals surface area contributed by atoms with Crippen molar-refractivity contribution in [1.82, 2.24) is 15.0 Å². The molecule has 2 N–H and O–H groups in total. The lowest BCUT2D eigenvalue weighted by molar-refractivity contribution is 0.610. The highest BCUT2D eigenvalue weighted by molar-refractivity contribution is 6.07. The van der Waals surface area contributed by atoms with E-state index in [1.807, 2.05) is 6.07 Å². The third-order valence-corrected chi connectivity index (χ3v) is 3.99. The van der Waals surface area contributed by atoms with Crippen molar-refractivity contribution in [2.75, 3.05) is 11.9 Å². The van der Waals surface area contributed by atoms with Gasteiger partial charge >= 0.3 is 0 Å². The summed E-state index contributed by atoms with van der Waals surface area (Å²) in [6.45, 7) is 0.525. The van der Waals surface area contributed by atoms with E-state index in [1.54, 1.807) is 18.2 Å². The van der Waals surface area contributed by atoms with Crippen LogP contribution >= 0.6 is 0 Å². The van der Waals surface area contributed by atoms with Crippen LogP contribution in [0.25, 0.3) is 21.9 Å². The lowest BCUT2D eigenvalue weighted by Gasteiger charge is -2.07. The molecule has 0 bridgehead atoms. The molecule has 24 heavy (non-hydrogen) atoms. The highest BCUT2D eigenvalue weighted by Gasteiger charge is 2.11. The average molecular weight is 324 g/mol. The summed E-state index contributed by atoms with van der Waals surface area (Å²) in [7, 11) is 0. The maximum Gasteiger partial charge on any atom is 0.153 e. The number of rotatable bonds is 4. The van der Waals surface area contributed by atoms with E-state index < -0.39 is 0 Å². The van der Waals surface area contributed by atoms with Crippen LogP contribution in [0, 0.1) is 11.6 Å². The molecule has 0 atom stereocenters. The minimum absolute atomic E-state index is 0.215. The predicted octanol–water partition coefficient (Wildman–Crippen LogP) is 4.04. The van der Waals surface area contributed by atoms with Crippen LogP contribution in [0.1, 0.15) is 5.56 Å². The molecule has 4 aromatic rings. The Morgan fingerprint density at radius 2 is 1.92 bits per heavy atom. The molecule has 4 rings (SSSR count). The number of halogens is 2. The van der Waals surface area contributed by atoms with E-state index in [9.17, 15) is 8.78 Å². The minimum Gasteiger partial charge on any atom is -0.368 e. The van der Waals surface area contributed by atoms with Crippen LogP contribution < -0.4 is 5.32 Å². The SMILES string of the molecule is Fc1ccc2[nH]c3c(NCCc4ccccc4F)ncnc3c2c1. The van der Waals surface area contributed by atoms with Crippen LogP contribution in [-0.2, 0) is 6.42 Å². The monoisotopic (exact) mass is 324 g/mol. The molecule has 2 aromatic carbocycles. The topological polar surface area (TPSA) is 53.6 Å². The van der Waals surface area contributed by atoms with Gasteiger partial charge in [-0.2, -0.15) is 0 Å². The molecule has 0 spiro atoms. The molecule has 0 fully saturated rings. The molecule has 2 heterocycles. The van der Waals surface area contributed by atoms with Crippen molar-refractivity contribution in [3.63, 3.8) is 0 Å². The molecule has 4 nitrogen and oxygen atoms in total. The molecule has 0 aliphatic heterocycles. The zero-order valence-corrected chi connectivity index (χ0v) is 12.7. The quantitative estimate of drug-likeness (QED) is 0.595. The van der Waals surface area contributed by atoms with Crippen molar-refractivity contribution < 1.29 is 8.78 Å². The smallest absolute Gasteiger partial charge is 0.153 e.